The van der Waals surface area contributed by atoms with Gasteiger partial charge in [0.2, 0.25) is 0 Å². The number of rotatable bonds is 3. The van der Waals surface area contributed by atoms with Crippen molar-refractivity contribution in [2.45, 2.75) is 31.6 Å². The molecule has 0 radical (unpaired) electrons. The highest BCUT2D eigenvalue weighted by Crippen LogP contribution is 2.35. The molecule has 0 atom stereocenters. The summed E-state index contributed by atoms with van der Waals surface area (Å²) >= 11 is 12.1. The number of anilines is 1. The lowest BCUT2D eigenvalue weighted by atomic mass is 10.0. The molecule has 2 aromatic heterocycles. The molecule has 110 valence electrons. The van der Waals surface area contributed by atoms with Crippen molar-refractivity contribution in [3.05, 3.63) is 34.1 Å². The van der Waals surface area contributed by atoms with Gasteiger partial charge in [-0.2, -0.15) is 0 Å². The zero-order chi connectivity index (χ0) is 14.8. The molecule has 1 aliphatic carbocycles. The van der Waals surface area contributed by atoms with Crippen molar-refractivity contribution in [1.29, 1.82) is 0 Å². The minimum Gasteiger partial charge on any atom is -0.308 e. The summed E-state index contributed by atoms with van der Waals surface area (Å²) in [6.07, 6.45) is 6.28. The van der Waals surface area contributed by atoms with Gasteiger partial charge in [0.05, 0.1) is 10.0 Å². The number of pyridine rings is 1. The smallest absolute Gasteiger partial charge is 0.182 e. The average Bonchev–Trinajstić information content (AvgIpc) is 3.01. The number of halogens is 2. The lowest BCUT2D eigenvalue weighted by Crippen LogP contribution is -2.11. The van der Waals surface area contributed by atoms with Gasteiger partial charge in [0.15, 0.2) is 5.82 Å². The van der Waals surface area contributed by atoms with E-state index in [2.05, 4.69) is 20.4 Å². The summed E-state index contributed by atoms with van der Waals surface area (Å²) in [7, 11) is 0. The lowest BCUT2D eigenvalue weighted by Gasteiger charge is -2.12. The maximum atomic E-state index is 6.19. The van der Waals surface area contributed by atoms with Crippen molar-refractivity contribution >= 4 is 29.0 Å². The Morgan fingerprint density at radius 2 is 1.90 bits per heavy atom. The first-order chi connectivity index (χ1) is 10.2. The van der Waals surface area contributed by atoms with E-state index in [1.807, 2.05) is 6.07 Å². The molecule has 2 aromatic rings. The van der Waals surface area contributed by atoms with E-state index in [-0.39, 0.29) is 0 Å². The van der Waals surface area contributed by atoms with Crippen LogP contribution in [0.15, 0.2) is 18.3 Å². The SMILES string of the molecule is NNc1cc(C2CCCC2)nc(-c2ncc(Cl)cc2Cl)n1. The highest BCUT2D eigenvalue weighted by molar-refractivity contribution is 6.35. The van der Waals surface area contributed by atoms with Crippen LogP contribution >= 0.6 is 23.2 Å². The van der Waals surface area contributed by atoms with Crippen molar-refractivity contribution in [2.24, 2.45) is 5.84 Å². The Morgan fingerprint density at radius 1 is 1.14 bits per heavy atom. The zero-order valence-electron chi connectivity index (χ0n) is 11.3. The summed E-state index contributed by atoms with van der Waals surface area (Å²) in [4.78, 5) is 13.2. The topological polar surface area (TPSA) is 76.7 Å². The molecule has 3 rings (SSSR count). The summed E-state index contributed by atoms with van der Waals surface area (Å²) in [5.41, 5.74) is 4.08. The molecule has 0 aliphatic heterocycles. The number of nitrogens with zero attached hydrogens (tertiary/aromatic N) is 3. The summed E-state index contributed by atoms with van der Waals surface area (Å²) in [6.45, 7) is 0. The van der Waals surface area contributed by atoms with Crippen LogP contribution in [0, 0.1) is 0 Å². The molecule has 0 spiro atoms. The second kappa shape index (κ2) is 6.13. The van der Waals surface area contributed by atoms with Gasteiger partial charge in [0.25, 0.3) is 0 Å². The number of nitrogen functional groups attached to an aromatic ring is 1. The first kappa shape index (κ1) is 14.5. The van der Waals surface area contributed by atoms with Crippen LogP contribution in [-0.2, 0) is 0 Å². The third-order valence-electron chi connectivity index (χ3n) is 3.69. The molecule has 7 heteroatoms. The monoisotopic (exact) mass is 323 g/mol. The van der Waals surface area contributed by atoms with Crippen LogP contribution < -0.4 is 11.3 Å². The molecule has 0 saturated heterocycles. The predicted molar refractivity (Wildman–Crippen MR) is 84.3 cm³/mol. The number of hydrogen-bond acceptors (Lipinski definition) is 5. The number of hydrogen-bond donors (Lipinski definition) is 2. The summed E-state index contributed by atoms with van der Waals surface area (Å²) < 4.78 is 0. The van der Waals surface area contributed by atoms with Gasteiger partial charge in [0, 0.05) is 23.9 Å². The minimum absolute atomic E-state index is 0.425. The van der Waals surface area contributed by atoms with Gasteiger partial charge < -0.3 is 5.43 Å². The van der Waals surface area contributed by atoms with E-state index in [9.17, 15) is 0 Å². The molecule has 5 nitrogen and oxygen atoms in total. The Labute approximate surface area is 132 Å². The van der Waals surface area contributed by atoms with Crippen molar-refractivity contribution in [3.63, 3.8) is 0 Å². The largest absolute Gasteiger partial charge is 0.308 e. The molecular weight excluding hydrogens is 309 g/mol. The van der Waals surface area contributed by atoms with Crippen LogP contribution in [0.25, 0.3) is 11.5 Å². The molecule has 0 amide bonds. The molecule has 0 unspecified atom stereocenters. The van der Waals surface area contributed by atoms with E-state index in [0.29, 0.717) is 33.3 Å². The van der Waals surface area contributed by atoms with Gasteiger partial charge in [-0.3, -0.25) is 0 Å². The van der Waals surface area contributed by atoms with Crippen LogP contribution in [-0.4, -0.2) is 15.0 Å². The van der Waals surface area contributed by atoms with Crippen molar-refractivity contribution in [1.82, 2.24) is 15.0 Å². The molecular formula is C14H15Cl2N5. The van der Waals surface area contributed by atoms with Gasteiger partial charge in [-0.05, 0) is 18.9 Å². The van der Waals surface area contributed by atoms with Gasteiger partial charge in [0.1, 0.15) is 11.5 Å². The maximum Gasteiger partial charge on any atom is 0.182 e. The van der Waals surface area contributed by atoms with Gasteiger partial charge in [-0.15, -0.1) is 0 Å². The van der Waals surface area contributed by atoms with Crippen LogP contribution in [0.5, 0.6) is 0 Å². The Bertz CT molecular complexity index is 656. The van der Waals surface area contributed by atoms with Gasteiger partial charge >= 0.3 is 0 Å². The first-order valence-corrected chi connectivity index (χ1v) is 7.60. The number of aromatic nitrogens is 3. The van der Waals surface area contributed by atoms with Crippen molar-refractivity contribution < 1.29 is 0 Å². The number of nitrogens with one attached hydrogen (secondary N) is 1. The third kappa shape index (κ3) is 3.10. The molecule has 1 fully saturated rings. The average molecular weight is 324 g/mol. The van der Waals surface area contributed by atoms with Crippen LogP contribution in [0.2, 0.25) is 10.0 Å². The zero-order valence-corrected chi connectivity index (χ0v) is 12.8. The lowest BCUT2D eigenvalue weighted by molar-refractivity contribution is 0.695. The van der Waals surface area contributed by atoms with E-state index >= 15 is 0 Å². The van der Waals surface area contributed by atoms with Gasteiger partial charge in [-0.1, -0.05) is 36.0 Å². The Balaban J connectivity index is 2.06. The molecule has 1 aliphatic rings. The van der Waals surface area contributed by atoms with Crippen molar-refractivity contribution in [3.8, 4) is 11.5 Å². The van der Waals surface area contributed by atoms with E-state index in [0.717, 1.165) is 18.5 Å². The molecule has 2 heterocycles. The molecule has 1 saturated carbocycles. The second-order valence-corrected chi connectivity index (χ2v) is 5.95. The van der Waals surface area contributed by atoms with Crippen molar-refractivity contribution in [2.75, 3.05) is 5.43 Å². The predicted octanol–water partition coefficient (Wildman–Crippen LogP) is 3.79. The molecule has 0 bridgehead atoms. The molecule has 21 heavy (non-hydrogen) atoms. The van der Waals surface area contributed by atoms with Crippen LogP contribution in [0.4, 0.5) is 5.82 Å². The maximum absolute atomic E-state index is 6.19. The number of nitrogens with two attached hydrogens (primary N) is 1. The second-order valence-electron chi connectivity index (χ2n) is 5.11. The fourth-order valence-corrected chi connectivity index (χ4v) is 3.12. The van der Waals surface area contributed by atoms with E-state index < -0.39 is 0 Å². The third-order valence-corrected chi connectivity index (χ3v) is 4.18. The van der Waals surface area contributed by atoms with E-state index in [1.165, 1.54) is 19.0 Å². The highest BCUT2D eigenvalue weighted by Gasteiger charge is 2.21. The highest BCUT2D eigenvalue weighted by atomic mass is 35.5. The van der Waals surface area contributed by atoms with E-state index in [4.69, 9.17) is 29.0 Å². The Hall–Kier alpha value is -1.43. The summed E-state index contributed by atoms with van der Waals surface area (Å²) in [6, 6.07) is 3.52. The Kier molecular flexibility index (Phi) is 4.24. The Morgan fingerprint density at radius 3 is 2.57 bits per heavy atom. The fourth-order valence-electron chi connectivity index (χ4n) is 2.66. The number of hydrazine groups is 1. The summed E-state index contributed by atoms with van der Waals surface area (Å²) in [5, 5.41) is 0.905. The van der Waals surface area contributed by atoms with Crippen LogP contribution in [0.1, 0.15) is 37.3 Å². The fraction of sp³-hybridized carbons (Fsp3) is 0.357. The van der Waals surface area contributed by atoms with Crippen LogP contribution in [0.3, 0.4) is 0 Å². The molecule has 3 N–H and O–H groups in total. The standard InChI is InChI=1S/C14H15Cl2N5/c15-9-5-10(16)13(18-7-9)14-19-11(6-12(20-14)21-17)8-3-1-2-4-8/h5-8H,1-4,17H2,(H,19,20,21). The minimum atomic E-state index is 0.425. The normalized spacial score (nSPS) is 15.4. The first-order valence-electron chi connectivity index (χ1n) is 6.84. The summed E-state index contributed by atoms with van der Waals surface area (Å²) in [5.74, 6) is 6.99. The quantitative estimate of drug-likeness (QED) is 0.663. The van der Waals surface area contributed by atoms with E-state index in [1.54, 1.807) is 6.07 Å². The van der Waals surface area contributed by atoms with Gasteiger partial charge in [-0.25, -0.2) is 20.8 Å². The molecule has 0 aromatic carbocycles.